The maximum Gasteiger partial charge on any atom is 0.416 e. The van der Waals surface area contributed by atoms with Gasteiger partial charge in [0.15, 0.2) is 17.0 Å². The van der Waals surface area contributed by atoms with Gasteiger partial charge in [0.25, 0.3) is 0 Å². The molecule has 33 heavy (non-hydrogen) atoms. The van der Waals surface area contributed by atoms with Gasteiger partial charge in [0.05, 0.1) is 11.3 Å². The second-order valence-electron chi connectivity index (χ2n) is 7.67. The summed E-state index contributed by atoms with van der Waals surface area (Å²) in [6.45, 7) is 0.207. The first kappa shape index (κ1) is 24.1. The zero-order valence-corrected chi connectivity index (χ0v) is 17.5. The number of nitrogens with one attached hydrogen (secondary N) is 1. The van der Waals surface area contributed by atoms with Crippen LogP contribution in [0.3, 0.4) is 0 Å². The third kappa shape index (κ3) is 4.53. The summed E-state index contributed by atoms with van der Waals surface area (Å²) in [6.07, 6.45) is -4.60. The van der Waals surface area contributed by atoms with Crippen LogP contribution in [-0.2, 0) is 25.3 Å². The van der Waals surface area contributed by atoms with Gasteiger partial charge in [-0.25, -0.2) is 8.78 Å². The van der Waals surface area contributed by atoms with Crippen LogP contribution in [0.5, 0.6) is 0 Å². The number of esters is 1. The number of alkyl halides is 3. The predicted octanol–water partition coefficient (Wildman–Crippen LogP) is 3.73. The van der Waals surface area contributed by atoms with Crippen LogP contribution in [0.4, 0.5) is 27.6 Å². The van der Waals surface area contributed by atoms with Crippen LogP contribution in [0, 0.1) is 17.0 Å². The third-order valence-corrected chi connectivity index (χ3v) is 5.53. The van der Waals surface area contributed by atoms with Crippen LogP contribution in [0.2, 0.25) is 0 Å². The van der Waals surface area contributed by atoms with Crippen LogP contribution in [-0.4, -0.2) is 42.9 Å². The molecule has 2 aromatic carbocycles. The summed E-state index contributed by atoms with van der Waals surface area (Å²) in [5.41, 5.74) is -3.40. The molecule has 0 bridgehead atoms. The minimum absolute atomic E-state index is 0.0927. The lowest BCUT2D eigenvalue weighted by molar-refractivity contribution is -0.153. The zero-order chi connectivity index (χ0) is 24.6. The van der Waals surface area contributed by atoms with Gasteiger partial charge in [0, 0.05) is 26.4 Å². The summed E-state index contributed by atoms with van der Waals surface area (Å²) in [4.78, 5) is 39.2. The highest BCUT2D eigenvalue weighted by Crippen LogP contribution is 2.45. The van der Waals surface area contributed by atoms with Crippen molar-refractivity contribution in [1.82, 2.24) is 4.90 Å². The van der Waals surface area contributed by atoms with Crippen molar-refractivity contribution < 1.29 is 41.1 Å². The second-order valence-corrected chi connectivity index (χ2v) is 7.67. The number of anilines is 1. The van der Waals surface area contributed by atoms with Crippen molar-refractivity contribution in [3.05, 3.63) is 65.2 Å². The largest absolute Gasteiger partial charge is 0.464 e. The van der Waals surface area contributed by atoms with Crippen LogP contribution >= 0.6 is 0 Å². The van der Waals surface area contributed by atoms with Gasteiger partial charge in [0.1, 0.15) is 6.61 Å². The normalized spacial score (nSPS) is 20.6. The second kappa shape index (κ2) is 8.80. The number of likely N-dealkylation sites (N-methyl/N-ethyl adjacent to an activating group) is 1. The van der Waals surface area contributed by atoms with Crippen molar-refractivity contribution in [3.63, 3.8) is 0 Å². The molecule has 2 amide bonds. The van der Waals surface area contributed by atoms with E-state index in [-0.39, 0.29) is 12.1 Å². The molecular formula is C22H19F5N2O4. The van der Waals surface area contributed by atoms with E-state index >= 15 is 0 Å². The van der Waals surface area contributed by atoms with Gasteiger partial charge in [-0.05, 0) is 29.8 Å². The molecule has 176 valence electrons. The standard InChI is InChI=1S/C22H19F5N2O4/c1-12(30)33-11-21(19(31)28-17-5-3-4-16(23)18(17)24)15(10-29(2)20(21)32)13-6-8-14(9-7-13)22(25,26)27/h3-9,15H,10-11H2,1-2H3,(H,28,31)/t15-,21-/m1/s1. The molecule has 0 aromatic heterocycles. The van der Waals surface area contributed by atoms with Crippen LogP contribution < -0.4 is 5.32 Å². The lowest BCUT2D eigenvalue weighted by atomic mass is 9.73. The van der Waals surface area contributed by atoms with Gasteiger partial charge >= 0.3 is 12.1 Å². The molecule has 0 aliphatic carbocycles. The average molecular weight is 470 g/mol. The van der Waals surface area contributed by atoms with E-state index in [1.54, 1.807) is 0 Å². The maximum atomic E-state index is 14.2. The van der Waals surface area contributed by atoms with E-state index in [2.05, 4.69) is 5.32 Å². The highest BCUT2D eigenvalue weighted by molar-refractivity contribution is 6.13. The number of carbonyl (C=O) groups is 3. The van der Waals surface area contributed by atoms with E-state index < -0.39 is 64.8 Å². The van der Waals surface area contributed by atoms with Crippen LogP contribution in [0.1, 0.15) is 24.0 Å². The Morgan fingerprint density at radius 3 is 2.36 bits per heavy atom. The quantitative estimate of drug-likeness (QED) is 0.411. The molecule has 2 aromatic rings. The topological polar surface area (TPSA) is 75.7 Å². The fourth-order valence-electron chi connectivity index (χ4n) is 3.83. The highest BCUT2D eigenvalue weighted by atomic mass is 19.4. The molecule has 1 saturated heterocycles. The molecule has 0 unspecified atom stereocenters. The molecule has 11 heteroatoms. The first-order valence-electron chi connectivity index (χ1n) is 9.69. The third-order valence-electron chi connectivity index (χ3n) is 5.53. The number of carbonyl (C=O) groups excluding carboxylic acids is 3. The first-order chi connectivity index (χ1) is 15.4. The summed E-state index contributed by atoms with van der Waals surface area (Å²) in [5.74, 6) is -6.34. The Morgan fingerprint density at radius 2 is 1.79 bits per heavy atom. The number of nitrogens with zero attached hydrogens (tertiary/aromatic N) is 1. The Morgan fingerprint density at radius 1 is 1.15 bits per heavy atom. The van der Waals surface area contributed by atoms with Gasteiger partial charge in [-0.15, -0.1) is 0 Å². The van der Waals surface area contributed by atoms with E-state index in [4.69, 9.17) is 4.74 Å². The fraction of sp³-hybridized carbons (Fsp3) is 0.318. The first-order valence-corrected chi connectivity index (χ1v) is 9.69. The fourth-order valence-corrected chi connectivity index (χ4v) is 3.83. The van der Waals surface area contributed by atoms with Gasteiger partial charge in [-0.2, -0.15) is 13.2 Å². The van der Waals surface area contributed by atoms with E-state index in [9.17, 15) is 36.3 Å². The molecule has 1 N–H and O–H groups in total. The number of ether oxygens (including phenoxy) is 1. The van der Waals surface area contributed by atoms with E-state index in [0.717, 1.165) is 54.3 Å². The number of hydrogen-bond acceptors (Lipinski definition) is 4. The highest BCUT2D eigenvalue weighted by Gasteiger charge is 2.60. The summed E-state index contributed by atoms with van der Waals surface area (Å²) in [7, 11) is 1.37. The average Bonchev–Trinajstić information content (AvgIpc) is 3.00. The minimum Gasteiger partial charge on any atom is -0.464 e. The van der Waals surface area contributed by atoms with Crippen molar-refractivity contribution in [2.24, 2.45) is 5.41 Å². The van der Waals surface area contributed by atoms with Crippen LogP contribution in [0.25, 0.3) is 0 Å². The number of halogens is 5. The van der Waals surface area contributed by atoms with E-state index in [0.29, 0.717) is 0 Å². The smallest absolute Gasteiger partial charge is 0.416 e. The summed E-state index contributed by atoms with van der Waals surface area (Å²) < 4.78 is 71.7. The van der Waals surface area contributed by atoms with Gasteiger partial charge < -0.3 is 15.0 Å². The zero-order valence-electron chi connectivity index (χ0n) is 17.5. The molecule has 1 heterocycles. The molecule has 6 nitrogen and oxygen atoms in total. The number of rotatable bonds is 5. The molecule has 1 aliphatic rings. The number of amides is 2. The SMILES string of the molecule is CC(=O)OC[C@@]1(C(=O)Nc2cccc(F)c2F)C(=O)N(C)C[C@@H]1c1ccc(C(F)(F)F)cc1. The van der Waals surface area contributed by atoms with Gasteiger partial charge in [-0.3, -0.25) is 14.4 Å². The molecule has 2 atom stereocenters. The Balaban J connectivity index is 2.08. The Bertz CT molecular complexity index is 1090. The van der Waals surface area contributed by atoms with Gasteiger partial charge in [0.2, 0.25) is 11.8 Å². The summed E-state index contributed by atoms with van der Waals surface area (Å²) >= 11 is 0. The number of hydrogen-bond donors (Lipinski definition) is 1. The van der Waals surface area contributed by atoms with Gasteiger partial charge in [-0.1, -0.05) is 18.2 Å². The Labute approximate surface area is 185 Å². The Kier molecular flexibility index (Phi) is 6.44. The van der Waals surface area contributed by atoms with Crippen LogP contribution in [0.15, 0.2) is 42.5 Å². The van der Waals surface area contributed by atoms with E-state index in [1.807, 2.05) is 0 Å². The molecule has 1 aliphatic heterocycles. The lowest BCUT2D eigenvalue weighted by Crippen LogP contribution is -2.49. The molecular weight excluding hydrogens is 451 g/mol. The Hall–Kier alpha value is -3.50. The van der Waals surface area contributed by atoms with E-state index in [1.165, 1.54) is 7.05 Å². The maximum absolute atomic E-state index is 14.2. The van der Waals surface area contributed by atoms with Crippen molar-refractivity contribution in [2.75, 3.05) is 25.5 Å². The lowest BCUT2D eigenvalue weighted by Gasteiger charge is -2.31. The molecule has 1 fully saturated rings. The number of benzene rings is 2. The molecule has 0 radical (unpaired) electrons. The molecule has 0 saturated carbocycles. The van der Waals surface area contributed by atoms with Crippen molar-refractivity contribution >= 4 is 23.5 Å². The monoisotopic (exact) mass is 470 g/mol. The molecule has 0 spiro atoms. The number of likely N-dealkylation sites (tertiary alicyclic amines) is 1. The molecule has 3 rings (SSSR count). The van der Waals surface area contributed by atoms with Crippen molar-refractivity contribution in [3.8, 4) is 0 Å². The summed E-state index contributed by atoms with van der Waals surface area (Å²) in [5, 5.41) is 2.17. The predicted molar refractivity (Wildman–Crippen MR) is 106 cm³/mol. The minimum atomic E-state index is -4.60. The summed E-state index contributed by atoms with van der Waals surface area (Å²) in [6, 6.07) is 6.91. The van der Waals surface area contributed by atoms with Crippen molar-refractivity contribution in [1.29, 1.82) is 0 Å². The van der Waals surface area contributed by atoms with Crippen molar-refractivity contribution in [2.45, 2.75) is 19.0 Å².